The second kappa shape index (κ2) is 25.3. The van der Waals surface area contributed by atoms with Gasteiger partial charge in [-0.15, -0.1) is 12.4 Å². The normalized spacial score (nSPS) is 14.5. The molecular formula is C32H42Cl4N2O8. The van der Waals surface area contributed by atoms with Crippen LogP contribution in [0.2, 0.25) is 0 Å². The summed E-state index contributed by atoms with van der Waals surface area (Å²) in [5, 5.41) is 3.29. The molecule has 1 amide bonds. The Morgan fingerprint density at radius 2 is 1.11 bits per heavy atom. The summed E-state index contributed by atoms with van der Waals surface area (Å²) in [6, 6.07) is 19.1. The van der Waals surface area contributed by atoms with Gasteiger partial charge in [-0.25, -0.2) is 9.59 Å². The highest BCUT2D eigenvalue weighted by Gasteiger charge is 2.25. The molecule has 46 heavy (non-hydrogen) atoms. The predicted molar refractivity (Wildman–Crippen MR) is 179 cm³/mol. The second-order valence-electron chi connectivity index (χ2n) is 10.3. The number of carbonyl (C=O) groups is 4. The molecule has 0 aliphatic carbocycles. The average molecular weight is 725 g/mol. The molecule has 1 N–H and O–H groups in total. The fourth-order valence-electron chi connectivity index (χ4n) is 4.65. The molecule has 14 heteroatoms. The molecule has 0 atom stereocenters. The highest BCUT2D eigenvalue weighted by Crippen LogP contribution is 2.22. The van der Waals surface area contributed by atoms with E-state index in [1.807, 2.05) is 60.7 Å². The number of alkyl halides is 2. The van der Waals surface area contributed by atoms with Gasteiger partial charge in [0.1, 0.15) is 13.2 Å². The lowest BCUT2D eigenvalue weighted by atomic mass is 9.94. The van der Waals surface area contributed by atoms with Crippen LogP contribution < -0.4 is 5.32 Å². The summed E-state index contributed by atoms with van der Waals surface area (Å²) in [5.41, 5.74) is 1.16. The van der Waals surface area contributed by atoms with Crippen molar-refractivity contribution in [2.45, 2.75) is 51.7 Å². The largest absolute Gasteiger partial charge is 0.461 e. The zero-order valence-electron chi connectivity index (χ0n) is 25.6. The van der Waals surface area contributed by atoms with Crippen molar-refractivity contribution in [1.29, 1.82) is 0 Å². The number of piperidine rings is 2. The molecule has 0 saturated carbocycles. The summed E-state index contributed by atoms with van der Waals surface area (Å²) in [7, 11) is 0. The van der Waals surface area contributed by atoms with Crippen molar-refractivity contribution in [3.05, 3.63) is 71.8 Å². The molecule has 0 unspecified atom stereocenters. The lowest BCUT2D eigenvalue weighted by molar-refractivity contribution is -0.147. The maximum Gasteiger partial charge on any atom is 0.410 e. The molecule has 2 aromatic rings. The molecule has 10 nitrogen and oxygen atoms in total. The van der Waals surface area contributed by atoms with Crippen LogP contribution in [0.15, 0.2) is 60.7 Å². The molecular weight excluding hydrogens is 682 g/mol. The molecule has 2 aromatic carbocycles. The fourth-order valence-corrected chi connectivity index (χ4v) is 4.95. The van der Waals surface area contributed by atoms with E-state index < -0.39 is 5.43 Å². The highest BCUT2D eigenvalue weighted by molar-refractivity contribution is 6.61. The van der Waals surface area contributed by atoms with E-state index in [1.54, 1.807) is 4.90 Å². The van der Waals surface area contributed by atoms with Crippen LogP contribution in [0.5, 0.6) is 0 Å². The summed E-state index contributed by atoms with van der Waals surface area (Å²) >= 11 is 14.9. The zero-order valence-corrected chi connectivity index (χ0v) is 28.7. The van der Waals surface area contributed by atoms with E-state index in [0.717, 1.165) is 49.9 Å². The molecule has 2 fully saturated rings. The first kappa shape index (κ1) is 41.3. The topological polar surface area (TPSA) is 120 Å². The number of esters is 2. The molecule has 0 bridgehead atoms. The Balaban J connectivity index is 0.000000392. The van der Waals surface area contributed by atoms with Gasteiger partial charge in [-0.2, -0.15) is 0 Å². The van der Waals surface area contributed by atoms with E-state index in [1.165, 1.54) is 0 Å². The van der Waals surface area contributed by atoms with Crippen LogP contribution >= 0.6 is 47.2 Å². The first-order valence-corrected chi connectivity index (χ1v) is 16.2. The van der Waals surface area contributed by atoms with Crippen LogP contribution in [0, 0.1) is 11.8 Å². The number of rotatable bonds is 10. The van der Waals surface area contributed by atoms with Gasteiger partial charge in [-0.1, -0.05) is 83.9 Å². The van der Waals surface area contributed by atoms with Crippen molar-refractivity contribution in [1.82, 2.24) is 10.2 Å². The second-order valence-corrected chi connectivity index (χ2v) is 11.1. The van der Waals surface area contributed by atoms with Crippen LogP contribution in [0.1, 0.15) is 49.7 Å². The van der Waals surface area contributed by atoms with E-state index in [-0.39, 0.29) is 48.5 Å². The molecule has 0 radical (unpaired) electrons. The van der Waals surface area contributed by atoms with Gasteiger partial charge in [-0.3, -0.25) is 9.59 Å². The molecule has 2 aliphatic heterocycles. The Morgan fingerprint density at radius 3 is 1.50 bits per heavy atom. The van der Waals surface area contributed by atoms with Gasteiger partial charge >= 0.3 is 23.5 Å². The Kier molecular flexibility index (Phi) is 22.7. The first-order valence-electron chi connectivity index (χ1n) is 14.8. The van der Waals surface area contributed by atoms with Gasteiger partial charge < -0.3 is 29.2 Å². The van der Waals surface area contributed by atoms with Crippen LogP contribution in [-0.2, 0) is 41.8 Å². The van der Waals surface area contributed by atoms with E-state index in [4.69, 9.17) is 37.4 Å². The lowest BCUT2D eigenvalue weighted by Crippen LogP contribution is -2.39. The monoisotopic (exact) mass is 722 g/mol. The molecule has 4 rings (SSSR count). The molecule has 2 saturated heterocycles. The molecule has 2 heterocycles. The minimum Gasteiger partial charge on any atom is -0.461 e. The number of halogens is 4. The Labute approximate surface area is 291 Å². The maximum absolute atomic E-state index is 11.9. The number of amides is 1. The number of carbonyl (C=O) groups excluding carboxylic acids is 4. The molecule has 0 spiro atoms. The number of nitrogens with zero attached hydrogens (tertiary/aromatic N) is 1. The Morgan fingerprint density at radius 1 is 0.674 bits per heavy atom. The number of nitrogens with one attached hydrogen (secondary N) is 1. The summed E-state index contributed by atoms with van der Waals surface area (Å²) in [6.45, 7) is 3.93. The van der Waals surface area contributed by atoms with Crippen molar-refractivity contribution in [3.63, 3.8) is 0 Å². The van der Waals surface area contributed by atoms with Crippen molar-refractivity contribution >= 4 is 70.7 Å². The third-order valence-electron chi connectivity index (χ3n) is 7.07. The third-order valence-corrected chi connectivity index (χ3v) is 7.40. The van der Waals surface area contributed by atoms with Gasteiger partial charge in [0, 0.05) is 37.5 Å². The summed E-state index contributed by atoms with van der Waals surface area (Å²) < 4.78 is 19.2. The van der Waals surface area contributed by atoms with Crippen molar-refractivity contribution in [2.24, 2.45) is 11.8 Å². The van der Waals surface area contributed by atoms with Crippen LogP contribution in [0.25, 0.3) is 0 Å². The van der Waals surface area contributed by atoms with Crippen molar-refractivity contribution in [3.8, 4) is 0 Å². The Hall–Kier alpha value is -2.76. The fraction of sp³-hybridized carbons (Fsp3) is 0.500. The van der Waals surface area contributed by atoms with Gasteiger partial charge in [0.15, 0.2) is 12.1 Å². The average Bonchev–Trinajstić information content (AvgIpc) is 3.05. The molecule has 2 aliphatic rings. The molecule has 256 valence electrons. The molecule has 0 aromatic heterocycles. The van der Waals surface area contributed by atoms with Gasteiger partial charge in [0.05, 0.1) is 0 Å². The minimum atomic E-state index is -0.870. The lowest BCUT2D eigenvalue weighted by Gasteiger charge is -2.30. The number of hydrogen-bond acceptors (Lipinski definition) is 9. The minimum absolute atomic E-state index is 0. The third kappa shape index (κ3) is 19.0. The van der Waals surface area contributed by atoms with Crippen LogP contribution in [0.3, 0.4) is 0 Å². The van der Waals surface area contributed by atoms with E-state index >= 15 is 0 Å². The van der Waals surface area contributed by atoms with Gasteiger partial charge in [0.2, 0.25) is 0 Å². The number of ether oxygens (including phenoxy) is 4. The predicted octanol–water partition coefficient (Wildman–Crippen LogP) is 7.26. The van der Waals surface area contributed by atoms with Crippen molar-refractivity contribution < 1.29 is 38.1 Å². The van der Waals surface area contributed by atoms with Crippen LogP contribution in [0.4, 0.5) is 9.59 Å². The van der Waals surface area contributed by atoms with Gasteiger partial charge in [0.25, 0.3) is 0 Å². The SMILES string of the molecule is Cl.O=C(CC1CCN(C(=O)OCCl)CC1)OCc1ccccc1.O=C(CC1CCNCC1)OCc1ccccc1.O=C(Cl)OCCl. The smallest absolute Gasteiger partial charge is 0.410 e. The quantitative estimate of drug-likeness (QED) is 0.117. The number of benzene rings is 2. The van der Waals surface area contributed by atoms with E-state index in [0.29, 0.717) is 45.1 Å². The van der Waals surface area contributed by atoms with E-state index in [9.17, 15) is 19.2 Å². The number of hydrogen-bond donors (Lipinski definition) is 1. The highest BCUT2D eigenvalue weighted by atomic mass is 35.5. The van der Waals surface area contributed by atoms with Gasteiger partial charge in [-0.05, 0) is 61.7 Å². The first-order chi connectivity index (χ1) is 21.8. The summed E-state index contributed by atoms with van der Waals surface area (Å²) in [4.78, 5) is 46.1. The number of likely N-dealkylation sites (tertiary alicyclic amines) is 1. The summed E-state index contributed by atoms with van der Waals surface area (Å²) in [5.74, 6) is 0.495. The van der Waals surface area contributed by atoms with Crippen molar-refractivity contribution in [2.75, 3.05) is 38.3 Å². The summed E-state index contributed by atoms with van der Waals surface area (Å²) in [6.07, 6.45) is 4.29. The Bertz CT molecular complexity index is 1130. The maximum atomic E-state index is 11.9. The standard InChI is InChI=1S/C16H20ClNO4.C14H19NO2.C2H2Cl2O2.ClH/c17-12-22-16(20)18-8-6-13(7-9-18)10-15(19)21-11-14-4-2-1-3-5-14;16-14(10-12-6-8-15-9-7-12)17-11-13-4-2-1-3-5-13;3-1-6-2(4)5;/h1-5,13H,6-12H2;1-5,12,15H,6-11H2;1H2;1H. The van der Waals surface area contributed by atoms with E-state index in [2.05, 4.69) is 21.7 Å². The zero-order chi connectivity index (χ0) is 32.7. The van der Waals surface area contributed by atoms with Crippen LogP contribution in [-0.4, -0.2) is 66.7 Å².